The van der Waals surface area contributed by atoms with Crippen LogP contribution >= 0.6 is 0 Å². The third-order valence-corrected chi connectivity index (χ3v) is 8.17. The van der Waals surface area contributed by atoms with Crippen LogP contribution in [0.1, 0.15) is 58.8 Å². The molecule has 0 amide bonds. The number of aliphatic hydroxyl groups excluding tert-OH is 3. The van der Waals surface area contributed by atoms with Crippen molar-refractivity contribution in [3.63, 3.8) is 0 Å². The van der Waals surface area contributed by atoms with Gasteiger partial charge in [0.15, 0.2) is 0 Å². The number of carbonyl (C=O) groups is 1. The van der Waals surface area contributed by atoms with Gasteiger partial charge in [-0.05, 0) is 66.6 Å². The van der Waals surface area contributed by atoms with Gasteiger partial charge in [0.2, 0.25) is 0 Å². The second-order valence-corrected chi connectivity index (χ2v) is 9.47. The molecule has 23 heavy (non-hydrogen) atoms. The van der Waals surface area contributed by atoms with Crippen LogP contribution in [0.15, 0.2) is 0 Å². The summed E-state index contributed by atoms with van der Waals surface area (Å²) in [5.41, 5.74) is -0.155. The van der Waals surface area contributed by atoms with E-state index in [2.05, 4.69) is 13.8 Å². The third kappa shape index (κ3) is 2.17. The van der Waals surface area contributed by atoms with Crippen molar-refractivity contribution in [2.45, 2.75) is 77.1 Å². The number of fused-ring (bicyclic) bond motifs is 5. The van der Waals surface area contributed by atoms with Crippen LogP contribution in [-0.4, -0.2) is 39.4 Å². The Bertz CT molecular complexity index is 519. The lowest BCUT2D eigenvalue weighted by Crippen LogP contribution is -2.61. The maximum atomic E-state index is 11.9. The number of hydrogen-bond donors (Lipinski definition) is 3. The molecule has 4 aliphatic carbocycles. The van der Waals surface area contributed by atoms with E-state index in [9.17, 15) is 20.1 Å². The van der Waals surface area contributed by atoms with E-state index < -0.39 is 6.10 Å². The van der Waals surface area contributed by atoms with Crippen LogP contribution in [0.25, 0.3) is 0 Å². The molecule has 0 heterocycles. The lowest BCUT2D eigenvalue weighted by atomic mass is 9.44. The minimum absolute atomic E-state index is 0.00432. The lowest BCUT2D eigenvalue weighted by molar-refractivity contribution is -0.195. The number of Topliss-reactive ketones (excluding diaryl/α,β-unsaturated/α-hetero) is 1. The molecule has 0 aliphatic heterocycles. The van der Waals surface area contributed by atoms with Gasteiger partial charge in [-0.25, -0.2) is 0 Å². The average molecular weight is 322 g/mol. The van der Waals surface area contributed by atoms with Crippen molar-refractivity contribution in [2.75, 3.05) is 0 Å². The number of aliphatic hydroxyl groups is 3. The zero-order chi connectivity index (χ0) is 16.6. The number of hydrogen-bond acceptors (Lipinski definition) is 4. The fourth-order valence-corrected chi connectivity index (χ4v) is 7.26. The normalized spacial score (nSPS) is 59.2. The number of carbonyl (C=O) groups excluding carboxylic acids is 1. The molecular formula is C19H30O4. The zero-order valence-electron chi connectivity index (χ0n) is 14.2. The largest absolute Gasteiger partial charge is 0.393 e. The summed E-state index contributed by atoms with van der Waals surface area (Å²) >= 11 is 0. The fourth-order valence-electron chi connectivity index (χ4n) is 7.26. The number of ketones is 1. The molecule has 0 aromatic rings. The first-order valence-electron chi connectivity index (χ1n) is 9.30. The van der Waals surface area contributed by atoms with Crippen molar-refractivity contribution in [1.29, 1.82) is 0 Å². The molecule has 0 bridgehead atoms. The fraction of sp³-hybridized carbons (Fsp3) is 0.947. The molecule has 4 heteroatoms. The minimum Gasteiger partial charge on any atom is -0.393 e. The first-order chi connectivity index (χ1) is 10.7. The van der Waals surface area contributed by atoms with E-state index in [1.54, 1.807) is 0 Å². The Morgan fingerprint density at radius 2 is 1.74 bits per heavy atom. The molecule has 0 aromatic heterocycles. The molecular weight excluding hydrogens is 292 g/mol. The van der Waals surface area contributed by atoms with Crippen molar-refractivity contribution in [3.8, 4) is 0 Å². The van der Waals surface area contributed by atoms with Crippen molar-refractivity contribution in [3.05, 3.63) is 0 Å². The van der Waals surface area contributed by atoms with E-state index in [0.717, 1.165) is 25.7 Å². The molecule has 4 rings (SSSR count). The van der Waals surface area contributed by atoms with E-state index in [0.29, 0.717) is 25.2 Å². The Kier molecular flexibility index (Phi) is 3.51. The molecule has 0 spiro atoms. The topological polar surface area (TPSA) is 77.8 Å². The van der Waals surface area contributed by atoms with Crippen LogP contribution in [0.3, 0.4) is 0 Å². The maximum Gasteiger partial charge on any atom is 0.133 e. The third-order valence-electron chi connectivity index (χ3n) is 8.17. The van der Waals surface area contributed by atoms with Gasteiger partial charge >= 0.3 is 0 Å². The Labute approximate surface area is 138 Å². The van der Waals surface area contributed by atoms with Crippen LogP contribution in [-0.2, 0) is 4.79 Å². The second kappa shape index (κ2) is 5.03. The predicted molar refractivity (Wildman–Crippen MR) is 85.5 cm³/mol. The van der Waals surface area contributed by atoms with Gasteiger partial charge in [-0.2, -0.15) is 0 Å². The van der Waals surface area contributed by atoms with E-state index in [1.807, 2.05) is 0 Å². The van der Waals surface area contributed by atoms with Gasteiger partial charge in [0.25, 0.3) is 0 Å². The SMILES string of the molecule is CC12CC(O)CC1C1CC(O)C3CC(=O)CCC3(C)C1C(O)C2. The van der Waals surface area contributed by atoms with Gasteiger partial charge in [0.1, 0.15) is 5.78 Å². The molecule has 0 radical (unpaired) electrons. The standard InChI is InChI=1S/C19H30O4/c1-18-8-11(21)6-13(18)12-7-15(22)14-5-10(20)3-4-19(14,2)17(12)16(23)9-18/h11-17,21-23H,3-9H2,1-2H3. The van der Waals surface area contributed by atoms with Crippen molar-refractivity contribution < 1.29 is 20.1 Å². The predicted octanol–water partition coefficient (Wildman–Crippen LogP) is 1.90. The van der Waals surface area contributed by atoms with Crippen molar-refractivity contribution in [1.82, 2.24) is 0 Å². The van der Waals surface area contributed by atoms with Gasteiger partial charge in [-0.15, -0.1) is 0 Å². The minimum atomic E-state index is -0.446. The highest BCUT2D eigenvalue weighted by molar-refractivity contribution is 5.79. The molecule has 4 nitrogen and oxygen atoms in total. The molecule has 4 saturated carbocycles. The summed E-state index contributed by atoms with van der Waals surface area (Å²) < 4.78 is 0. The van der Waals surface area contributed by atoms with Crippen LogP contribution < -0.4 is 0 Å². The summed E-state index contributed by atoms with van der Waals surface area (Å²) in [6.45, 7) is 4.40. The van der Waals surface area contributed by atoms with Crippen LogP contribution in [0.4, 0.5) is 0 Å². The molecule has 9 unspecified atom stereocenters. The van der Waals surface area contributed by atoms with E-state index in [4.69, 9.17) is 0 Å². The number of rotatable bonds is 0. The molecule has 0 saturated heterocycles. The van der Waals surface area contributed by atoms with Gasteiger partial charge < -0.3 is 15.3 Å². The average Bonchev–Trinajstić information content (AvgIpc) is 2.74. The van der Waals surface area contributed by atoms with E-state index >= 15 is 0 Å². The van der Waals surface area contributed by atoms with Crippen LogP contribution in [0.2, 0.25) is 0 Å². The molecule has 9 atom stereocenters. The monoisotopic (exact) mass is 322 g/mol. The maximum absolute atomic E-state index is 11.9. The van der Waals surface area contributed by atoms with Gasteiger partial charge in [0, 0.05) is 12.8 Å². The summed E-state index contributed by atoms with van der Waals surface area (Å²) in [6.07, 6.45) is 3.76. The highest BCUT2D eigenvalue weighted by Gasteiger charge is 2.63. The summed E-state index contributed by atoms with van der Waals surface area (Å²) in [5, 5.41) is 32.0. The summed E-state index contributed by atoms with van der Waals surface area (Å²) in [4.78, 5) is 11.9. The first kappa shape index (κ1) is 16.0. The Hall–Kier alpha value is -0.450. The Morgan fingerprint density at radius 1 is 1.00 bits per heavy atom. The second-order valence-electron chi connectivity index (χ2n) is 9.47. The Balaban J connectivity index is 1.72. The van der Waals surface area contributed by atoms with Gasteiger partial charge in [0.05, 0.1) is 18.3 Å². The molecule has 130 valence electrons. The smallest absolute Gasteiger partial charge is 0.133 e. The van der Waals surface area contributed by atoms with Crippen molar-refractivity contribution >= 4 is 5.78 Å². The molecule has 4 fully saturated rings. The quantitative estimate of drug-likeness (QED) is 0.636. The summed E-state index contributed by atoms with van der Waals surface area (Å²) in [6, 6.07) is 0. The van der Waals surface area contributed by atoms with E-state index in [1.165, 1.54) is 0 Å². The molecule has 4 aliphatic rings. The Morgan fingerprint density at radius 3 is 2.48 bits per heavy atom. The van der Waals surface area contributed by atoms with Crippen LogP contribution in [0, 0.1) is 34.5 Å². The summed E-state index contributed by atoms with van der Waals surface area (Å²) in [7, 11) is 0. The first-order valence-corrected chi connectivity index (χ1v) is 9.30. The zero-order valence-corrected chi connectivity index (χ0v) is 14.2. The van der Waals surface area contributed by atoms with Crippen molar-refractivity contribution in [2.24, 2.45) is 34.5 Å². The highest BCUT2D eigenvalue weighted by Crippen LogP contribution is 2.65. The van der Waals surface area contributed by atoms with Gasteiger partial charge in [-0.1, -0.05) is 13.8 Å². The van der Waals surface area contributed by atoms with Crippen LogP contribution in [0.5, 0.6) is 0 Å². The lowest BCUT2D eigenvalue weighted by Gasteiger charge is -2.62. The summed E-state index contributed by atoms with van der Waals surface area (Å²) in [5.74, 6) is 1.07. The molecule has 0 aromatic carbocycles. The highest BCUT2D eigenvalue weighted by atomic mass is 16.3. The van der Waals surface area contributed by atoms with E-state index in [-0.39, 0.29) is 46.6 Å². The molecule has 3 N–H and O–H groups in total. The van der Waals surface area contributed by atoms with Gasteiger partial charge in [-0.3, -0.25) is 4.79 Å².